The van der Waals surface area contributed by atoms with Gasteiger partial charge in [-0.1, -0.05) is 6.92 Å². The summed E-state index contributed by atoms with van der Waals surface area (Å²) in [6.45, 7) is 4.49. The van der Waals surface area contributed by atoms with E-state index in [0.29, 0.717) is 12.6 Å². The molecule has 1 amide bonds. The first kappa shape index (κ1) is 16.3. The van der Waals surface area contributed by atoms with Gasteiger partial charge in [-0.2, -0.15) is 0 Å². The Balaban J connectivity index is 1.58. The highest BCUT2D eigenvalue weighted by Crippen LogP contribution is 2.23. The number of carbonyl (C=O) groups excluding carboxylic acids is 1. The molecule has 0 aromatic heterocycles. The lowest BCUT2D eigenvalue weighted by atomic mass is 9.99. The van der Waals surface area contributed by atoms with E-state index in [4.69, 9.17) is 9.47 Å². The van der Waals surface area contributed by atoms with E-state index in [1.54, 1.807) is 0 Å². The van der Waals surface area contributed by atoms with Crippen molar-refractivity contribution >= 4 is 5.91 Å². The summed E-state index contributed by atoms with van der Waals surface area (Å²) in [5.74, 6) is 0.963. The molecule has 2 fully saturated rings. The second-order valence-electron chi connectivity index (χ2n) is 6.53. The van der Waals surface area contributed by atoms with Crippen molar-refractivity contribution in [1.29, 1.82) is 0 Å². The number of amides is 1. The van der Waals surface area contributed by atoms with E-state index >= 15 is 0 Å². The maximum absolute atomic E-state index is 12.7. The number of ether oxygens (including phenoxy) is 2. The number of carbonyl (C=O) groups is 1. The molecule has 4 nitrogen and oxygen atoms in total. The minimum absolute atomic E-state index is 0.155. The third kappa shape index (κ3) is 4.05. The summed E-state index contributed by atoms with van der Waals surface area (Å²) in [5.41, 5.74) is 0.759. The van der Waals surface area contributed by atoms with Crippen LogP contribution >= 0.6 is 0 Å². The number of rotatable bonds is 5. The average Bonchev–Trinajstić information content (AvgIpc) is 3.13. The molecule has 3 rings (SSSR count). The Labute approximate surface area is 138 Å². The average molecular weight is 317 g/mol. The first-order chi connectivity index (χ1) is 11.3. The molecule has 1 aromatic rings. The van der Waals surface area contributed by atoms with Gasteiger partial charge in [0.05, 0.1) is 6.10 Å². The Morgan fingerprint density at radius 2 is 2.04 bits per heavy atom. The van der Waals surface area contributed by atoms with E-state index in [1.807, 2.05) is 29.2 Å². The fraction of sp³-hybridized carbons (Fsp3) is 0.632. The summed E-state index contributed by atoms with van der Waals surface area (Å²) in [6, 6.07) is 7.95. The van der Waals surface area contributed by atoms with Crippen LogP contribution in [0.4, 0.5) is 0 Å². The lowest BCUT2D eigenvalue weighted by Crippen LogP contribution is -2.43. The Kier molecular flexibility index (Phi) is 5.55. The summed E-state index contributed by atoms with van der Waals surface area (Å²) in [5, 5.41) is 0. The number of benzene rings is 1. The van der Waals surface area contributed by atoms with Gasteiger partial charge in [-0.05, 0) is 62.8 Å². The topological polar surface area (TPSA) is 38.8 Å². The molecule has 2 atom stereocenters. The van der Waals surface area contributed by atoms with E-state index in [-0.39, 0.29) is 12.0 Å². The second kappa shape index (κ2) is 7.82. The van der Waals surface area contributed by atoms with Crippen LogP contribution in [0, 0.1) is 0 Å². The van der Waals surface area contributed by atoms with Crippen molar-refractivity contribution < 1.29 is 14.3 Å². The zero-order valence-corrected chi connectivity index (χ0v) is 14.0. The predicted molar refractivity (Wildman–Crippen MR) is 89.9 cm³/mol. The maximum Gasteiger partial charge on any atom is 0.254 e. The molecule has 4 heteroatoms. The van der Waals surface area contributed by atoms with Gasteiger partial charge in [-0.3, -0.25) is 4.79 Å². The molecule has 0 radical (unpaired) electrons. The fourth-order valence-corrected chi connectivity index (χ4v) is 3.52. The zero-order valence-electron chi connectivity index (χ0n) is 14.0. The van der Waals surface area contributed by atoms with Crippen LogP contribution in [0.5, 0.6) is 5.75 Å². The predicted octanol–water partition coefficient (Wildman–Crippen LogP) is 3.65. The molecule has 2 unspecified atom stereocenters. The Morgan fingerprint density at radius 3 is 2.74 bits per heavy atom. The van der Waals surface area contributed by atoms with Gasteiger partial charge in [-0.15, -0.1) is 0 Å². The SMILES string of the molecule is CCC1CCCCN1C(=O)c1ccc(OCC2CCCO2)cc1. The van der Waals surface area contributed by atoms with Crippen molar-refractivity contribution in [2.24, 2.45) is 0 Å². The van der Waals surface area contributed by atoms with Gasteiger partial charge in [0.25, 0.3) is 5.91 Å². The van der Waals surface area contributed by atoms with Crippen molar-refractivity contribution in [3.05, 3.63) is 29.8 Å². The highest BCUT2D eigenvalue weighted by molar-refractivity contribution is 5.94. The first-order valence-corrected chi connectivity index (χ1v) is 8.93. The monoisotopic (exact) mass is 317 g/mol. The smallest absolute Gasteiger partial charge is 0.254 e. The lowest BCUT2D eigenvalue weighted by molar-refractivity contribution is 0.0607. The Morgan fingerprint density at radius 1 is 1.22 bits per heavy atom. The third-order valence-corrected chi connectivity index (χ3v) is 4.92. The van der Waals surface area contributed by atoms with Gasteiger partial charge in [-0.25, -0.2) is 0 Å². The fourth-order valence-electron chi connectivity index (χ4n) is 3.52. The number of nitrogens with zero attached hydrogens (tertiary/aromatic N) is 1. The lowest BCUT2D eigenvalue weighted by Gasteiger charge is -2.35. The summed E-state index contributed by atoms with van der Waals surface area (Å²) in [7, 11) is 0. The van der Waals surface area contributed by atoms with E-state index in [9.17, 15) is 4.79 Å². The molecule has 1 aromatic carbocycles. The van der Waals surface area contributed by atoms with Crippen molar-refractivity contribution in [3.8, 4) is 5.75 Å². The van der Waals surface area contributed by atoms with Crippen LogP contribution in [0.25, 0.3) is 0 Å². The third-order valence-electron chi connectivity index (χ3n) is 4.92. The molecular weight excluding hydrogens is 290 g/mol. The molecule has 126 valence electrons. The zero-order chi connectivity index (χ0) is 16.1. The number of hydrogen-bond acceptors (Lipinski definition) is 3. The molecule has 0 saturated carbocycles. The van der Waals surface area contributed by atoms with Crippen molar-refractivity contribution in [1.82, 2.24) is 4.90 Å². The molecule has 2 aliphatic heterocycles. The van der Waals surface area contributed by atoms with E-state index < -0.39 is 0 Å². The number of hydrogen-bond donors (Lipinski definition) is 0. The minimum atomic E-state index is 0.155. The Hall–Kier alpha value is -1.55. The maximum atomic E-state index is 12.7. The van der Waals surface area contributed by atoms with Gasteiger partial charge in [0, 0.05) is 24.8 Å². The molecule has 0 N–H and O–H groups in total. The minimum Gasteiger partial charge on any atom is -0.491 e. The van der Waals surface area contributed by atoms with Gasteiger partial charge in [0.1, 0.15) is 12.4 Å². The van der Waals surface area contributed by atoms with Crippen LogP contribution in [0.1, 0.15) is 55.8 Å². The van der Waals surface area contributed by atoms with Crippen LogP contribution < -0.4 is 4.74 Å². The van der Waals surface area contributed by atoms with Crippen molar-refractivity contribution in [2.75, 3.05) is 19.8 Å². The van der Waals surface area contributed by atoms with E-state index in [0.717, 1.165) is 56.6 Å². The molecule has 2 aliphatic rings. The van der Waals surface area contributed by atoms with Crippen molar-refractivity contribution in [2.45, 2.75) is 57.6 Å². The Bertz CT molecular complexity index is 508. The van der Waals surface area contributed by atoms with Crippen LogP contribution in [0.15, 0.2) is 24.3 Å². The number of piperidine rings is 1. The largest absolute Gasteiger partial charge is 0.491 e. The first-order valence-electron chi connectivity index (χ1n) is 8.93. The van der Waals surface area contributed by atoms with Gasteiger partial charge in [0.15, 0.2) is 0 Å². The van der Waals surface area contributed by atoms with Crippen molar-refractivity contribution in [3.63, 3.8) is 0 Å². The summed E-state index contributed by atoms with van der Waals surface area (Å²) in [4.78, 5) is 14.8. The van der Waals surface area contributed by atoms with Crippen LogP contribution in [-0.4, -0.2) is 42.7 Å². The normalized spacial score (nSPS) is 24.7. The highest BCUT2D eigenvalue weighted by Gasteiger charge is 2.26. The molecule has 0 aliphatic carbocycles. The van der Waals surface area contributed by atoms with Crippen LogP contribution in [-0.2, 0) is 4.74 Å². The van der Waals surface area contributed by atoms with Crippen LogP contribution in [0.2, 0.25) is 0 Å². The van der Waals surface area contributed by atoms with E-state index in [1.165, 1.54) is 6.42 Å². The highest BCUT2D eigenvalue weighted by atomic mass is 16.5. The molecule has 0 spiro atoms. The molecule has 2 heterocycles. The van der Waals surface area contributed by atoms with Crippen LogP contribution in [0.3, 0.4) is 0 Å². The van der Waals surface area contributed by atoms with Gasteiger partial charge in [0.2, 0.25) is 0 Å². The van der Waals surface area contributed by atoms with Gasteiger partial charge < -0.3 is 14.4 Å². The second-order valence-corrected chi connectivity index (χ2v) is 6.53. The van der Waals surface area contributed by atoms with Gasteiger partial charge >= 0.3 is 0 Å². The summed E-state index contributed by atoms with van der Waals surface area (Å²) in [6.07, 6.45) is 6.93. The van der Waals surface area contributed by atoms with E-state index in [2.05, 4.69) is 6.92 Å². The quantitative estimate of drug-likeness (QED) is 0.832. The summed E-state index contributed by atoms with van der Waals surface area (Å²) < 4.78 is 11.3. The number of likely N-dealkylation sites (tertiary alicyclic amines) is 1. The molecule has 2 saturated heterocycles. The molecule has 0 bridgehead atoms. The standard InChI is InChI=1S/C19H27NO3/c1-2-16-6-3-4-12-20(16)19(21)15-8-10-17(11-9-15)23-14-18-7-5-13-22-18/h8-11,16,18H,2-7,12-14H2,1H3. The summed E-state index contributed by atoms with van der Waals surface area (Å²) >= 11 is 0. The molecule has 23 heavy (non-hydrogen) atoms. The molecular formula is C19H27NO3.